The zero-order valence-electron chi connectivity index (χ0n) is 11.5. The number of fused-ring (bicyclic) bond motifs is 1. The van der Waals surface area contributed by atoms with Crippen LogP contribution >= 0.6 is 0 Å². The maximum atomic E-state index is 12.5. The van der Waals surface area contributed by atoms with Crippen molar-refractivity contribution in [3.8, 4) is 0 Å². The molecule has 2 heterocycles. The Hall–Kier alpha value is -2.25. The molecule has 0 saturated carbocycles. The van der Waals surface area contributed by atoms with Gasteiger partial charge in [0.2, 0.25) is 5.91 Å². The van der Waals surface area contributed by atoms with E-state index in [2.05, 4.69) is 15.7 Å². The summed E-state index contributed by atoms with van der Waals surface area (Å²) in [4.78, 5) is 28.5. The molecular formula is C14H17N5O2. The van der Waals surface area contributed by atoms with E-state index in [1.54, 1.807) is 16.7 Å². The van der Waals surface area contributed by atoms with E-state index in [1.807, 2.05) is 12.1 Å². The standard InChI is InChI=1S/C14H17N5O2/c15-18-13(20)9-5-6-16-12(7-9)19-8-17-11-4-2-1-3-10(11)14(19)21/h1-4,8-9,12,16H,5-7,15H2,(H,18,20). The summed E-state index contributed by atoms with van der Waals surface area (Å²) >= 11 is 0. The molecular weight excluding hydrogens is 270 g/mol. The third kappa shape index (κ3) is 2.53. The molecule has 1 amide bonds. The fourth-order valence-corrected chi connectivity index (χ4v) is 2.77. The van der Waals surface area contributed by atoms with Gasteiger partial charge in [-0.05, 0) is 31.5 Å². The average molecular weight is 287 g/mol. The van der Waals surface area contributed by atoms with Gasteiger partial charge < -0.3 is 0 Å². The summed E-state index contributed by atoms with van der Waals surface area (Å²) in [6.45, 7) is 0.655. The van der Waals surface area contributed by atoms with E-state index < -0.39 is 0 Å². The van der Waals surface area contributed by atoms with Crippen LogP contribution in [0.1, 0.15) is 19.0 Å². The van der Waals surface area contributed by atoms with E-state index in [9.17, 15) is 9.59 Å². The molecule has 0 bridgehead atoms. The number of para-hydroxylation sites is 1. The Labute approximate surface area is 121 Å². The Morgan fingerprint density at radius 1 is 1.43 bits per heavy atom. The zero-order valence-corrected chi connectivity index (χ0v) is 11.5. The van der Waals surface area contributed by atoms with Gasteiger partial charge in [-0.3, -0.25) is 24.9 Å². The summed E-state index contributed by atoms with van der Waals surface area (Å²) < 4.78 is 1.55. The lowest BCUT2D eigenvalue weighted by molar-refractivity contribution is -0.126. The molecule has 0 aliphatic carbocycles. The topological polar surface area (TPSA) is 102 Å². The van der Waals surface area contributed by atoms with Crippen molar-refractivity contribution >= 4 is 16.8 Å². The third-order valence-electron chi connectivity index (χ3n) is 3.92. The van der Waals surface area contributed by atoms with Gasteiger partial charge in [-0.1, -0.05) is 12.1 Å². The Balaban J connectivity index is 1.95. The van der Waals surface area contributed by atoms with E-state index in [0.717, 1.165) is 0 Å². The predicted molar refractivity (Wildman–Crippen MR) is 78.1 cm³/mol. The van der Waals surface area contributed by atoms with Crippen molar-refractivity contribution < 1.29 is 4.79 Å². The number of nitrogens with one attached hydrogen (secondary N) is 2. The van der Waals surface area contributed by atoms with Gasteiger partial charge in [-0.25, -0.2) is 10.8 Å². The lowest BCUT2D eigenvalue weighted by Crippen LogP contribution is -2.45. The summed E-state index contributed by atoms with van der Waals surface area (Å²) in [6.07, 6.45) is 2.51. The predicted octanol–water partition coefficient (Wildman–Crippen LogP) is -0.115. The maximum absolute atomic E-state index is 12.5. The number of rotatable bonds is 2. The van der Waals surface area contributed by atoms with Crippen LogP contribution in [-0.4, -0.2) is 22.0 Å². The van der Waals surface area contributed by atoms with Gasteiger partial charge >= 0.3 is 0 Å². The Kier molecular flexibility index (Phi) is 3.68. The van der Waals surface area contributed by atoms with Crippen LogP contribution in [0.3, 0.4) is 0 Å². The first-order valence-corrected chi connectivity index (χ1v) is 6.90. The molecule has 1 saturated heterocycles. The number of piperidine rings is 1. The number of carbonyl (C=O) groups excluding carboxylic acids is 1. The zero-order chi connectivity index (χ0) is 14.8. The van der Waals surface area contributed by atoms with Crippen LogP contribution in [0.5, 0.6) is 0 Å². The molecule has 1 aliphatic rings. The molecule has 1 aromatic carbocycles. The largest absolute Gasteiger partial charge is 0.297 e. The lowest BCUT2D eigenvalue weighted by Gasteiger charge is -2.30. The first-order chi connectivity index (χ1) is 10.2. The number of hydrogen-bond donors (Lipinski definition) is 3. The van der Waals surface area contributed by atoms with Gasteiger partial charge in [0.15, 0.2) is 0 Å². The molecule has 3 rings (SSSR count). The molecule has 0 radical (unpaired) electrons. The second kappa shape index (κ2) is 5.63. The highest BCUT2D eigenvalue weighted by molar-refractivity contribution is 5.78. The molecule has 4 N–H and O–H groups in total. The minimum absolute atomic E-state index is 0.105. The average Bonchev–Trinajstić information content (AvgIpc) is 2.55. The summed E-state index contributed by atoms with van der Waals surface area (Å²) in [5.74, 6) is 4.80. The number of hydrogen-bond acceptors (Lipinski definition) is 5. The smallest absolute Gasteiger partial charge is 0.262 e. The number of amides is 1. The Morgan fingerprint density at radius 3 is 3.05 bits per heavy atom. The maximum Gasteiger partial charge on any atom is 0.262 e. The SMILES string of the molecule is NNC(=O)C1CCNC(n2cnc3ccccc3c2=O)C1. The van der Waals surface area contributed by atoms with Gasteiger partial charge in [-0.15, -0.1) is 0 Å². The van der Waals surface area contributed by atoms with Crippen molar-refractivity contribution in [2.75, 3.05) is 6.54 Å². The molecule has 2 unspecified atom stereocenters. The van der Waals surface area contributed by atoms with Crippen LogP contribution in [0.2, 0.25) is 0 Å². The number of carbonyl (C=O) groups is 1. The molecule has 2 aromatic rings. The highest BCUT2D eigenvalue weighted by Crippen LogP contribution is 2.22. The number of nitrogens with two attached hydrogens (primary N) is 1. The van der Waals surface area contributed by atoms with Crippen LogP contribution in [0.4, 0.5) is 0 Å². The van der Waals surface area contributed by atoms with Crippen LogP contribution in [0.15, 0.2) is 35.4 Å². The fourth-order valence-electron chi connectivity index (χ4n) is 2.77. The fraction of sp³-hybridized carbons (Fsp3) is 0.357. The highest BCUT2D eigenvalue weighted by Gasteiger charge is 2.28. The van der Waals surface area contributed by atoms with Crippen LogP contribution in [-0.2, 0) is 4.79 Å². The van der Waals surface area contributed by atoms with Gasteiger partial charge in [-0.2, -0.15) is 0 Å². The molecule has 1 fully saturated rings. The van der Waals surface area contributed by atoms with E-state index in [0.29, 0.717) is 30.3 Å². The molecule has 0 spiro atoms. The van der Waals surface area contributed by atoms with Crippen molar-refractivity contribution in [3.63, 3.8) is 0 Å². The van der Waals surface area contributed by atoms with Crippen molar-refractivity contribution in [1.82, 2.24) is 20.3 Å². The normalized spacial score (nSPS) is 22.1. The second-order valence-corrected chi connectivity index (χ2v) is 5.17. The number of aromatic nitrogens is 2. The first kappa shape index (κ1) is 13.7. The van der Waals surface area contributed by atoms with Crippen LogP contribution in [0.25, 0.3) is 10.9 Å². The summed E-state index contributed by atoms with van der Waals surface area (Å²) in [5.41, 5.74) is 2.75. The Morgan fingerprint density at radius 2 is 2.24 bits per heavy atom. The molecule has 110 valence electrons. The summed E-state index contributed by atoms with van der Waals surface area (Å²) in [6, 6.07) is 7.22. The van der Waals surface area contributed by atoms with Crippen molar-refractivity contribution in [1.29, 1.82) is 0 Å². The van der Waals surface area contributed by atoms with E-state index in [1.165, 1.54) is 6.33 Å². The van der Waals surface area contributed by atoms with E-state index >= 15 is 0 Å². The molecule has 7 nitrogen and oxygen atoms in total. The minimum atomic E-state index is -0.245. The van der Waals surface area contributed by atoms with E-state index in [-0.39, 0.29) is 23.6 Å². The monoisotopic (exact) mass is 287 g/mol. The molecule has 1 aromatic heterocycles. The third-order valence-corrected chi connectivity index (χ3v) is 3.92. The molecule has 21 heavy (non-hydrogen) atoms. The molecule has 7 heteroatoms. The van der Waals surface area contributed by atoms with Crippen LogP contribution in [0, 0.1) is 5.92 Å². The van der Waals surface area contributed by atoms with Gasteiger partial charge in [0.25, 0.3) is 5.56 Å². The minimum Gasteiger partial charge on any atom is -0.297 e. The van der Waals surface area contributed by atoms with Crippen LogP contribution < -0.4 is 22.1 Å². The van der Waals surface area contributed by atoms with Crippen molar-refractivity contribution in [2.45, 2.75) is 19.0 Å². The van der Waals surface area contributed by atoms with Crippen molar-refractivity contribution in [2.24, 2.45) is 11.8 Å². The molecule has 1 aliphatic heterocycles. The summed E-state index contributed by atoms with van der Waals surface area (Å²) in [5, 5.41) is 3.83. The first-order valence-electron chi connectivity index (χ1n) is 6.90. The van der Waals surface area contributed by atoms with Gasteiger partial charge in [0.05, 0.1) is 23.4 Å². The quantitative estimate of drug-likeness (QED) is 0.406. The van der Waals surface area contributed by atoms with Crippen molar-refractivity contribution in [3.05, 3.63) is 40.9 Å². The number of hydrazine groups is 1. The Bertz CT molecular complexity index is 727. The number of benzene rings is 1. The molecule has 2 atom stereocenters. The summed E-state index contributed by atoms with van der Waals surface area (Å²) in [7, 11) is 0. The lowest BCUT2D eigenvalue weighted by atomic mass is 9.95. The highest BCUT2D eigenvalue weighted by atomic mass is 16.2. The number of nitrogens with zero attached hydrogens (tertiary/aromatic N) is 2. The van der Waals surface area contributed by atoms with Gasteiger partial charge in [0.1, 0.15) is 0 Å². The van der Waals surface area contributed by atoms with E-state index in [4.69, 9.17) is 5.84 Å². The second-order valence-electron chi connectivity index (χ2n) is 5.17. The van der Waals surface area contributed by atoms with Gasteiger partial charge in [0, 0.05) is 5.92 Å².